The first-order valence-electron chi connectivity index (χ1n) is 6.87. The van der Waals surface area contributed by atoms with E-state index in [2.05, 4.69) is 67.1 Å². The Kier molecular flexibility index (Phi) is 3.45. The second-order valence-corrected chi connectivity index (χ2v) is 5.14. The summed E-state index contributed by atoms with van der Waals surface area (Å²) < 4.78 is 0. The molecule has 1 saturated carbocycles. The summed E-state index contributed by atoms with van der Waals surface area (Å²) in [5, 5.41) is 0. The van der Waals surface area contributed by atoms with Crippen molar-refractivity contribution < 1.29 is 0 Å². The highest BCUT2D eigenvalue weighted by molar-refractivity contribution is 5.30. The maximum Gasteiger partial charge on any atom is -0.00904 e. The maximum atomic E-state index is 2.46. The zero-order valence-corrected chi connectivity index (χ0v) is 10.6. The number of rotatable bonds is 2. The topological polar surface area (TPSA) is 0 Å². The van der Waals surface area contributed by atoms with Crippen LogP contribution in [0.5, 0.6) is 0 Å². The first-order valence-corrected chi connectivity index (χ1v) is 6.87. The smallest absolute Gasteiger partial charge is 0.00904 e. The van der Waals surface area contributed by atoms with E-state index in [1.807, 2.05) is 0 Å². The second kappa shape index (κ2) is 5.39. The molecule has 0 bridgehead atoms. The van der Waals surface area contributed by atoms with Crippen molar-refractivity contribution in [3.05, 3.63) is 78.2 Å². The lowest BCUT2D eigenvalue weighted by Gasteiger charge is -2.32. The monoisotopic (exact) mass is 235 g/mol. The van der Waals surface area contributed by atoms with Crippen molar-refractivity contribution in [1.29, 1.82) is 0 Å². The Balaban J connectivity index is 1.92. The van der Waals surface area contributed by atoms with Crippen LogP contribution in [0.1, 0.15) is 42.2 Å². The Hall–Kier alpha value is -1.56. The molecule has 2 atom stereocenters. The second-order valence-electron chi connectivity index (χ2n) is 5.14. The van der Waals surface area contributed by atoms with Gasteiger partial charge in [-0.15, -0.1) is 0 Å². The molecule has 2 aromatic rings. The molecule has 1 aliphatic carbocycles. The third-order valence-electron chi connectivity index (χ3n) is 4.04. The molecule has 0 heteroatoms. The molecule has 1 fully saturated rings. The first kappa shape index (κ1) is 11.5. The molecular formula is C18H19. The molecule has 0 saturated heterocycles. The Bertz CT molecular complexity index is 424. The van der Waals surface area contributed by atoms with E-state index in [-0.39, 0.29) is 0 Å². The third-order valence-corrected chi connectivity index (χ3v) is 4.04. The lowest BCUT2D eigenvalue weighted by Crippen LogP contribution is -2.16. The Morgan fingerprint density at radius 3 is 1.83 bits per heavy atom. The minimum absolute atomic E-state index is 0.655. The summed E-state index contributed by atoms with van der Waals surface area (Å²) in [6.07, 6.45) is 6.20. The Morgan fingerprint density at radius 2 is 1.22 bits per heavy atom. The summed E-state index contributed by atoms with van der Waals surface area (Å²) in [5.74, 6) is 1.33. The van der Waals surface area contributed by atoms with Gasteiger partial charge in [-0.25, -0.2) is 0 Å². The van der Waals surface area contributed by atoms with E-state index in [9.17, 15) is 0 Å². The molecule has 0 aliphatic heterocycles. The summed E-state index contributed by atoms with van der Waals surface area (Å²) in [5.41, 5.74) is 2.99. The van der Waals surface area contributed by atoms with Gasteiger partial charge in [-0.2, -0.15) is 0 Å². The van der Waals surface area contributed by atoms with E-state index in [4.69, 9.17) is 0 Å². The Labute approximate surface area is 110 Å². The van der Waals surface area contributed by atoms with Crippen LogP contribution in [0.2, 0.25) is 0 Å². The van der Waals surface area contributed by atoms with Crippen LogP contribution in [0.4, 0.5) is 0 Å². The van der Waals surface area contributed by atoms with E-state index in [1.54, 1.807) is 0 Å². The minimum atomic E-state index is 0.655. The highest BCUT2D eigenvalue weighted by Crippen LogP contribution is 2.43. The van der Waals surface area contributed by atoms with Gasteiger partial charge in [0.05, 0.1) is 0 Å². The molecular weight excluding hydrogens is 216 g/mol. The van der Waals surface area contributed by atoms with Crippen molar-refractivity contribution in [2.75, 3.05) is 0 Å². The van der Waals surface area contributed by atoms with Crippen LogP contribution in [0.15, 0.2) is 60.7 Å². The SMILES string of the molecule is [CH]1CCC(c2ccccc2)C(c2ccccc2)C1. The number of hydrogen-bond donors (Lipinski definition) is 0. The van der Waals surface area contributed by atoms with Crippen LogP contribution in [-0.2, 0) is 0 Å². The average Bonchev–Trinajstić information content (AvgIpc) is 2.49. The van der Waals surface area contributed by atoms with Crippen molar-refractivity contribution in [2.45, 2.75) is 31.1 Å². The van der Waals surface area contributed by atoms with Crippen LogP contribution in [-0.4, -0.2) is 0 Å². The fourth-order valence-electron chi connectivity index (χ4n) is 3.13. The predicted molar refractivity (Wildman–Crippen MR) is 76.5 cm³/mol. The van der Waals surface area contributed by atoms with Gasteiger partial charge in [0.1, 0.15) is 0 Å². The van der Waals surface area contributed by atoms with Gasteiger partial charge < -0.3 is 0 Å². The summed E-state index contributed by atoms with van der Waals surface area (Å²) in [6, 6.07) is 22.0. The molecule has 0 aromatic heterocycles. The van der Waals surface area contributed by atoms with Crippen molar-refractivity contribution in [3.63, 3.8) is 0 Å². The molecule has 0 N–H and O–H groups in total. The largest absolute Gasteiger partial charge is 0.0622 e. The number of benzene rings is 2. The zero-order chi connectivity index (χ0) is 12.2. The molecule has 0 spiro atoms. The molecule has 2 unspecified atom stereocenters. The highest BCUT2D eigenvalue weighted by Gasteiger charge is 2.27. The van der Waals surface area contributed by atoms with E-state index >= 15 is 0 Å². The normalized spacial score (nSPS) is 23.8. The fraction of sp³-hybridized carbons (Fsp3) is 0.278. The molecule has 0 heterocycles. The van der Waals surface area contributed by atoms with Gasteiger partial charge in [0, 0.05) is 0 Å². The summed E-state index contributed by atoms with van der Waals surface area (Å²) in [7, 11) is 0. The number of hydrogen-bond acceptors (Lipinski definition) is 0. The van der Waals surface area contributed by atoms with Crippen LogP contribution < -0.4 is 0 Å². The predicted octanol–water partition coefficient (Wildman–Crippen LogP) is 4.94. The van der Waals surface area contributed by atoms with Gasteiger partial charge in [0.15, 0.2) is 0 Å². The van der Waals surface area contributed by atoms with Crippen LogP contribution >= 0.6 is 0 Å². The van der Waals surface area contributed by atoms with Gasteiger partial charge in [-0.3, -0.25) is 0 Å². The van der Waals surface area contributed by atoms with Crippen molar-refractivity contribution in [3.8, 4) is 0 Å². The molecule has 2 aromatic carbocycles. The van der Waals surface area contributed by atoms with Gasteiger partial charge in [-0.05, 0) is 48.6 Å². The quantitative estimate of drug-likeness (QED) is 0.691. The van der Waals surface area contributed by atoms with Crippen molar-refractivity contribution in [2.24, 2.45) is 0 Å². The Morgan fingerprint density at radius 1 is 0.667 bits per heavy atom. The van der Waals surface area contributed by atoms with Gasteiger partial charge in [0.25, 0.3) is 0 Å². The molecule has 3 rings (SSSR count). The van der Waals surface area contributed by atoms with E-state index in [0.717, 1.165) is 0 Å². The van der Waals surface area contributed by atoms with E-state index in [0.29, 0.717) is 11.8 Å². The lowest BCUT2D eigenvalue weighted by atomic mass is 9.72. The van der Waals surface area contributed by atoms with Crippen molar-refractivity contribution >= 4 is 0 Å². The van der Waals surface area contributed by atoms with Gasteiger partial charge >= 0.3 is 0 Å². The zero-order valence-electron chi connectivity index (χ0n) is 10.6. The molecule has 18 heavy (non-hydrogen) atoms. The first-order chi connectivity index (χ1) is 8.95. The molecule has 0 nitrogen and oxygen atoms in total. The lowest BCUT2D eigenvalue weighted by molar-refractivity contribution is 0.444. The third kappa shape index (κ3) is 2.33. The molecule has 1 radical (unpaired) electrons. The average molecular weight is 235 g/mol. The molecule has 1 aliphatic rings. The van der Waals surface area contributed by atoms with Gasteiger partial charge in [-0.1, -0.05) is 60.7 Å². The van der Waals surface area contributed by atoms with Crippen molar-refractivity contribution in [1.82, 2.24) is 0 Å². The van der Waals surface area contributed by atoms with Crippen LogP contribution in [0.3, 0.4) is 0 Å². The summed E-state index contributed by atoms with van der Waals surface area (Å²) in [4.78, 5) is 0. The minimum Gasteiger partial charge on any atom is -0.0622 e. The van der Waals surface area contributed by atoms with Gasteiger partial charge in [0.2, 0.25) is 0 Å². The summed E-state index contributed by atoms with van der Waals surface area (Å²) in [6.45, 7) is 0. The fourth-order valence-corrected chi connectivity index (χ4v) is 3.13. The van der Waals surface area contributed by atoms with E-state index in [1.165, 1.54) is 30.4 Å². The van der Waals surface area contributed by atoms with Crippen LogP contribution in [0.25, 0.3) is 0 Å². The molecule has 91 valence electrons. The van der Waals surface area contributed by atoms with Crippen LogP contribution in [0, 0.1) is 6.42 Å². The highest BCUT2D eigenvalue weighted by atomic mass is 14.3. The maximum absolute atomic E-state index is 2.46. The van der Waals surface area contributed by atoms with E-state index < -0.39 is 0 Å². The molecule has 0 amide bonds. The standard InChI is InChI=1S/C18H19/c1-3-9-15(10-4-1)17-13-7-8-14-18(17)16-11-5-2-6-12-16/h1-7,9-12,17-18H,8,13-14H2. The summed E-state index contributed by atoms with van der Waals surface area (Å²) >= 11 is 0.